The van der Waals surface area contributed by atoms with Crippen molar-refractivity contribution in [2.45, 2.75) is 0 Å². The lowest BCUT2D eigenvalue weighted by Crippen LogP contribution is -1.94. The van der Waals surface area contributed by atoms with Crippen molar-refractivity contribution in [3.63, 3.8) is 0 Å². The second-order valence-electron chi connectivity index (χ2n) is 6.42. The summed E-state index contributed by atoms with van der Waals surface area (Å²) in [4.78, 5) is 4.59. The standard InChI is InChI=1S/C22H21N3O2/c1-25-7-6-15(14-25)17-8-16-9-18(4-5-22(16)23-13-17)24-19-10-20(26-2)12-21(11-19)27-3/h4-14,24H,1-3H3. The third kappa shape index (κ3) is 3.58. The Morgan fingerprint density at radius 2 is 1.63 bits per heavy atom. The minimum absolute atomic E-state index is 0.741. The maximum absolute atomic E-state index is 5.34. The molecule has 0 aliphatic heterocycles. The van der Waals surface area contributed by atoms with E-state index in [-0.39, 0.29) is 0 Å². The predicted molar refractivity (Wildman–Crippen MR) is 109 cm³/mol. The molecule has 0 aliphatic carbocycles. The lowest BCUT2D eigenvalue weighted by atomic mass is 10.1. The molecular weight excluding hydrogens is 338 g/mol. The van der Waals surface area contributed by atoms with E-state index in [9.17, 15) is 0 Å². The summed E-state index contributed by atoms with van der Waals surface area (Å²) in [6.07, 6.45) is 6.04. The Hall–Kier alpha value is -3.47. The Balaban J connectivity index is 1.68. The van der Waals surface area contributed by atoms with Gasteiger partial charge in [-0.3, -0.25) is 4.98 Å². The minimum atomic E-state index is 0.741. The molecule has 0 spiro atoms. The first kappa shape index (κ1) is 17.0. The van der Waals surface area contributed by atoms with Crippen molar-refractivity contribution < 1.29 is 9.47 Å². The Kier molecular flexibility index (Phi) is 4.42. The van der Waals surface area contributed by atoms with Gasteiger partial charge in [-0.25, -0.2) is 0 Å². The second-order valence-corrected chi connectivity index (χ2v) is 6.42. The second kappa shape index (κ2) is 7.03. The molecule has 0 radical (unpaired) electrons. The molecule has 4 rings (SSSR count). The molecule has 5 nitrogen and oxygen atoms in total. The lowest BCUT2D eigenvalue weighted by molar-refractivity contribution is 0.395. The van der Waals surface area contributed by atoms with Crippen LogP contribution in [0.3, 0.4) is 0 Å². The topological polar surface area (TPSA) is 48.3 Å². The van der Waals surface area contributed by atoms with Gasteiger partial charge in [0.2, 0.25) is 0 Å². The number of pyridine rings is 1. The SMILES string of the molecule is COc1cc(Nc2ccc3ncc(-c4ccn(C)c4)cc3c2)cc(OC)c1. The van der Waals surface area contributed by atoms with E-state index in [0.717, 1.165) is 44.9 Å². The smallest absolute Gasteiger partial charge is 0.124 e. The molecule has 2 heterocycles. The number of hydrogen-bond donors (Lipinski definition) is 1. The predicted octanol–water partition coefficient (Wildman–Crippen LogP) is 5.00. The third-order valence-electron chi connectivity index (χ3n) is 4.49. The number of nitrogens with one attached hydrogen (secondary N) is 1. The van der Waals surface area contributed by atoms with Crippen LogP contribution in [0.2, 0.25) is 0 Å². The van der Waals surface area contributed by atoms with Crippen LogP contribution in [0.5, 0.6) is 11.5 Å². The molecule has 0 fully saturated rings. The summed E-state index contributed by atoms with van der Waals surface area (Å²) in [5, 5.41) is 4.50. The van der Waals surface area contributed by atoms with Crippen molar-refractivity contribution in [1.29, 1.82) is 0 Å². The van der Waals surface area contributed by atoms with Crippen molar-refractivity contribution in [1.82, 2.24) is 9.55 Å². The Labute approximate surface area is 158 Å². The molecule has 4 aromatic rings. The van der Waals surface area contributed by atoms with Crippen LogP contribution in [0.15, 0.2) is 67.1 Å². The molecule has 136 valence electrons. The fourth-order valence-electron chi connectivity index (χ4n) is 3.09. The maximum atomic E-state index is 5.34. The number of ether oxygens (including phenoxy) is 2. The average molecular weight is 359 g/mol. The molecule has 2 aromatic carbocycles. The number of anilines is 2. The van der Waals surface area contributed by atoms with E-state index in [1.165, 1.54) is 0 Å². The Morgan fingerprint density at radius 3 is 2.30 bits per heavy atom. The van der Waals surface area contributed by atoms with E-state index in [4.69, 9.17) is 9.47 Å². The van der Waals surface area contributed by atoms with E-state index < -0.39 is 0 Å². The first-order valence-corrected chi connectivity index (χ1v) is 8.67. The number of nitrogens with zero attached hydrogens (tertiary/aromatic N) is 2. The van der Waals surface area contributed by atoms with Gasteiger partial charge in [-0.1, -0.05) is 0 Å². The number of benzene rings is 2. The van der Waals surface area contributed by atoms with Crippen molar-refractivity contribution in [3.05, 3.63) is 67.1 Å². The fourth-order valence-corrected chi connectivity index (χ4v) is 3.09. The summed E-state index contributed by atoms with van der Waals surface area (Å²) in [5.41, 5.74) is 5.09. The molecular formula is C22H21N3O2. The molecule has 0 saturated carbocycles. The largest absolute Gasteiger partial charge is 0.497 e. The summed E-state index contributed by atoms with van der Waals surface area (Å²) in [6, 6.07) is 16.1. The number of aromatic nitrogens is 2. The molecule has 0 unspecified atom stereocenters. The molecule has 0 saturated heterocycles. The Bertz CT molecular complexity index is 1080. The normalized spacial score (nSPS) is 10.8. The van der Waals surface area contributed by atoms with E-state index >= 15 is 0 Å². The van der Waals surface area contributed by atoms with Crippen LogP contribution in [0.1, 0.15) is 0 Å². The van der Waals surface area contributed by atoms with E-state index in [1.807, 2.05) is 54.3 Å². The van der Waals surface area contributed by atoms with Crippen LogP contribution in [0.25, 0.3) is 22.0 Å². The van der Waals surface area contributed by atoms with Gasteiger partial charge in [0.25, 0.3) is 0 Å². The lowest BCUT2D eigenvalue weighted by Gasteiger charge is -2.11. The zero-order chi connectivity index (χ0) is 18.8. The quantitative estimate of drug-likeness (QED) is 0.545. The molecule has 1 N–H and O–H groups in total. The van der Waals surface area contributed by atoms with Gasteiger partial charge in [-0.05, 0) is 30.3 Å². The van der Waals surface area contributed by atoms with Crippen LogP contribution in [-0.4, -0.2) is 23.8 Å². The van der Waals surface area contributed by atoms with Crippen LogP contribution < -0.4 is 14.8 Å². The molecule has 0 aliphatic rings. The summed E-state index contributed by atoms with van der Waals surface area (Å²) < 4.78 is 12.7. The molecule has 5 heteroatoms. The van der Waals surface area contributed by atoms with Gasteiger partial charge in [0.1, 0.15) is 11.5 Å². The van der Waals surface area contributed by atoms with Gasteiger partial charge >= 0.3 is 0 Å². The highest BCUT2D eigenvalue weighted by atomic mass is 16.5. The summed E-state index contributed by atoms with van der Waals surface area (Å²) in [7, 11) is 5.30. The van der Waals surface area contributed by atoms with Gasteiger partial charge in [0, 0.05) is 71.7 Å². The van der Waals surface area contributed by atoms with E-state index in [1.54, 1.807) is 14.2 Å². The van der Waals surface area contributed by atoms with Crippen molar-refractivity contribution in [3.8, 4) is 22.6 Å². The first-order chi connectivity index (χ1) is 13.1. The van der Waals surface area contributed by atoms with Gasteiger partial charge in [-0.15, -0.1) is 0 Å². The monoisotopic (exact) mass is 359 g/mol. The third-order valence-corrected chi connectivity index (χ3v) is 4.49. The molecule has 0 bridgehead atoms. The van der Waals surface area contributed by atoms with Crippen molar-refractivity contribution in [2.24, 2.45) is 7.05 Å². The van der Waals surface area contributed by atoms with Gasteiger partial charge in [-0.2, -0.15) is 0 Å². The molecule has 27 heavy (non-hydrogen) atoms. The highest BCUT2D eigenvalue weighted by molar-refractivity contribution is 5.87. The van der Waals surface area contributed by atoms with Gasteiger partial charge < -0.3 is 19.4 Å². The fraction of sp³-hybridized carbons (Fsp3) is 0.136. The van der Waals surface area contributed by atoms with Crippen LogP contribution >= 0.6 is 0 Å². The van der Waals surface area contributed by atoms with Crippen LogP contribution in [0.4, 0.5) is 11.4 Å². The van der Waals surface area contributed by atoms with E-state index in [0.29, 0.717) is 0 Å². The number of rotatable bonds is 5. The highest BCUT2D eigenvalue weighted by Crippen LogP contribution is 2.30. The number of fused-ring (bicyclic) bond motifs is 1. The number of hydrogen-bond acceptors (Lipinski definition) is 4. The Morgan fingerprint density at radius 1 is 0.852 bits per heavy atom. The van der Waals surface area contributed by atoms with Gasteiger partial charge in [0.15, 0.2) is 0 Å². The highest BCUT2D eigenvalue weighted by Gasteiger charge is 2.06. The summed E-state index contributed by atoms with van der Waals surface area (Å²) in [6.45, 7) is 0. The molecule has 0 atom stereocenters. The maximum Gasteiger partial charge on any atom is 0.124 e. The number of methoxy groups -OCH3 is 2. The average Bonchev–Trinajstić information content (AvgIpc) is 3.13. The van der Waals surface area contributed by atoms with E-state index in [2.05, 4.69) is 34.7 Å². The molecule has 2 aromatic heterocycles. The van der Waals surface area contributed by atoms with Crippen molar-refractivity contribution >= 4 is 22.3 Å². The number of aryl methyl sites for hydroxylation is 1. The minimum Gasteiger partial charge on any atom is -0.497 e. The zero-order valence-electron chi connectivity index (χ0n) is 15.6. The van der Waals surface area contributed by atoms with Crippen LogP contribution in [-0.2, 0) is 7.05 Å². The van der Waals surface area contributed by atoms with Crippen molar-refractivity contribution in [2.75, 3.05) is 19.5 Å². The summed E-state index contributed by atoms with van der Waals surface area (Å²) >= 11 is 0. The summed E-state index contributed by atoms with van der Waals surface area (Å²) in [5.74, 6) is 1.48. The van der Waals surface area contributed by atoms with Gasteiger partial charge in [0.05, 0.1) is 19.7 Å². The van der Waals surface area contributed by atoms with Crippen LogP contribution in [0, 0.1) is 0 Å². The first-order valence-electron chi connectivity index (χ1n) is 8.67. The molecule has 0 amide bonds. The zero-order valence-corrected chi connectivity index (χ0v) is 15.6.